The number of methoxy groups -OCH3 is 1. The molecule has 4 nitrogen and oxygen atoms in total. The third-order valence-electron chi connectivity index (χ3n) is 3.63. The molecule has 0 fully saturated rings. The van der Waals surface area contributed by atoms with Gasteiger partial charge in [0.1, 0.15) is 5.60 Å². The number of fused-ring (bicyclic) bond motifs is 1. The molecule has 0 spiro atoms. The number of nitrogens with zero attached hydrogens (tertiary/aromatic N) is 2. The first kappa shape index (κ1) is 14.9. The monoisotopic (exact) mass is 358 g/mol. The van der Waals surface area contributed by atoms with Crippen LogP contribution in [0.4, 0.5) is 0 Å². The van der Waals surface area contributed by atoms with Crippen LogP contribution in [0, 0.1) is 0 Å². The van der Waals surface area contributed by atoms with E-state index in [2.05, 4.69) is 25.9 Å². The highest BCUT2D eigenvalue weighted by atomic mass is 79.9. The van der Waals surface area contributed by atoms with E-state index in [9.17, 15) is 5.11 Å². The molecule has 1 unspecified atom stereocenters. The lowest BCUT2D eigenvalue weighted by atomic mass is 9.90. The maximum Gasteiger partial charge on any atom is 0.317 e. The van der Waals surface area contributed by atoms with Gasteiger partial charge in [0.25, 0.3) is 0 Å². The van der Waals surface area contributed by atoms with Crippen molar-refractivity contribution in [2.45, 2.75) is 12.5 Å². The van der Waals surface area contributed by atoms with Crippen molar-refractivity contribution in [3.63, 3.8) is 0 Å². The van der Waals surface area contributed by atoms with Crippen LogP contribution < -0.4 is 4.74 Å². The van der Waals surface area contributed by atoms with Crippen LogP contribution in [-0.2, 0) is 5.60 Å². The highest BCUT2D eigenvalue weighted by Gasteiger charge is 2.30. The summed E-state index contributed by atoms with van der Waals surface area (Å²) < 4.78 is 6.13. The molecule has 0 bridgehead atoms. The zero-order valence-electron chi connectivity index (χ0n) is 12.2. The fourth-order valence-electron chi connectivity index (χ4n) is 2.43. The first-order valence-corrected chi connectivity index (χ1v) is 7.61. The number of hydrogen-bond donors (Lipinski definition) is 1. The molecule has 1 atom stereocenters. The van der Waals surface area contributed by atoms with E-state index in [1.54, 1.807) is 6.92 Å². The maximum atomic E-state index is 11.1. The van der Waals surface area contributed by atoms with Crippen molar-refractivity contribution in [2.24, 2.45) is 0 Å². The maximum absolute atomic E-state index is 11.1. The Kier molecular flexibility index (Phi) is 3.85. The highest BCUT2D eigenvalue weighted by molar-refractivity contribution is 9.10. The van der Waals surface area contributed by atoms with Gasteiger partial charge in [-0.05, 0) is 30.7 Å². The van der Waals surface area contributed by atoms with E-state index in [0.717, 1.165) is 20.9 Å². The number of aliphatic hydroxyl groups is 1. The molecular weight excluding hydrogens is 344 g/mol. The lowest BCUT2D eigenvalue weighted by molar-refractivity contribution is 0.0981. The summed E-state index contributed by atoms with van der Waals surface area (Å²) in [5.41, 5.74) is 0.761. The highest BCUT2D eigenvalue weighted by Crippen LogP contribution is 2.33. The van der Waals surface area contributed by atoms with Crippen LogP contribution in [0.5, 0.6) is 6.01 Å². The van der Waals surface area contributed by atoms with E-state index in [1.165, 1.54) is 7.11 Å². The Bertz CT molecular complexity index is 817. The molecule has 1 N–H and O–H groups in total. The van der Waals surface area contributed by atoms with Crippen LogP contribution in [0.3, 0.4) is 0 Å². The third kappa shape index (κ3) is 2.58. The number of rotatable bonds is 3. The summed E-state index contributed by atoms with van der Waals surface area (Å²) in [5.74, 6) is 0. The van der Waals surface area contributed by atoms with E-state index in [4.69, 9.17) is 4.74 Å². The Morgan fingerprint density at radius 2 is 1.73 bits per heavy atom. The van der Waals surface area contributed by atoms with Crippen molar-refractivity contribution < 1.29 is 9.84 Å². The Morgan fingerprint density at radius 1 is 1.05 bits per heavy atom. The molecule has 22 heavy (non-hydrogen) atoms. The van der Waals surface area contributed by atoms with Gasteiger partial charge in [-0.1, -0.05) is 46.3 Å². The largest absolute Gasteiger partial charge is 0.467 e. The second-order valence-corrected chi connectivity index (χ2v) is 6.07. The molecular formula is C17H15BrN2O2. The van der Waals surface area contributed by atoms with Gasteiger partial charge < -0.3 is 9.84 Å². The lowest BCUT2D eigenvalue weighted by Gasteiger charge is -2.25. The molecule has 112 valence electrons. The zero-order valence-corrected chi connectivity index (χ0v) is 13.8. The van der Waals surface area contributed by atoms with Gasteiger partial charge in [0, 0.05) is 9.86 Å². The zero-order chi connectivity index (χ0) is 15.7. The normalized spacial score (nSPS) is 13.8. The topological polar surface area (TPSA) is 55.2 Å². The molecule has 0 amide bonds. The van der Waals surface area contributed by atoms with E-state index < -0.39 is 5.60 Å². The summed E-state index contributed by atoms with van der Waals surface area (Å²) in [6, 6.07) is 15.3. The molecule has 5 heteroatoms. The molecule has 2 aromatic carbocycles. The van der Waals surface area contributed by atoms with E-state index in [1.807, 2.05) is 48.5 Å². The quantitative estimate of drug-likeness (QED) is 0.776. The summed E-state index contributed by atoms with van der Waals surface area (Å²) in [6.45, 7) is 1.73. The molecule has 0 radical (unpaired) electrons. The van der Waals surface area contributed by atoms with Crippen molar-refractivity contribution in [1.82, 2.24) is 9.97 Å². The van der Waals surface area contributed by atoms with Crippen molar-refractivity contribution in [3.05, 3.63) is 64.3 Å². The van der Waals surface area contributed by atoms with Gasteiger partial charge in [0.05, 0.1) is 18.3 Å². The number of benzene rings is 2. The summed E-state index contributed by atoms with van der Waals surface area (Å²) in [4.78, 5) is 8.72. The van der Waals surface area contributed by atoms with Crippen molar-refractivity contribution in [3.8, 4) is 6.01 Å². The van der Waals surface area contributed by atoms with Crippen molar-refractivity contribution in [1.29, 1.82) is 0 Å². The summed E-state index contributed by atoms with van der Waals surface area (Å²) >= 11 is 3.40. The number of para-hydroxylation sites is 1. The third-order valence-corrected chi connectivity index (χ3v) is 4.16. The molecule has 3 rings (SSSR count). The van der Waals surface area contributed by atoms with Gasteiger partial charge in [0.2, 0.25) is 0 Å². The average molecular weight is 359 g/mol. The van der Waals surface area contributed by atoms with E-state index >= 15 is 0 Å². The molecule has 0 saturated carbocycles. The molecule has 1 aromatic heterocycles. The molecule has 0 aliphatic carbocycles. The molecule has 0 saturated heterocycles. The fourth-order valence-corrected chi connectivity index (χ4v) is 2.69. The van der Waals surface area contributed by atoms with Gasteiger partial charge in [-0.2, -0.15) is 9.97 Å². The van der Waals surface area contributed by atoms with Gasteiger partial charge in [-0.3, -0.25) is 0 Å². The predicted octanol–water partition coefficient (Wildman–Crippen LogP) is 3.66. The second kappa shape index (κ2) is 5.66. The minimum atomic E-state index is -1.25. The number of halogens is 1. The number of aromatic nitrogens is 2. The molecule has 1 heterocycles. The first-order valence-electron chi connectivity index (χ1n) is 6.82. The van der Waals surface area contributed by atoms with E-state index in [-0.39, 0.29) is 6.01 Å². The molecule has 0 aliphatic heterocycles. The summed E-state index contributed by atoms with van der Waals surface area (Å²) in [7, 11) is 1.52. The van der Waals surface area contributed by atoms with Crippen molar-refractivity contribution >= 4 is 26.8 Å². The van der Waals surface area contributed by atoms with E-state index in [0.29, 0.717) is 5.69 Å². The minimum Gasteiger partial charge on any atom is -0.467 e. The van der Waals surface area contributed by atoms with Gasteiger partial charge in [0.15, 0.2) is 0 Å². The standard InChI is InChI=1S/C17H15BrN2O2/c1-17(21,11-7-9-12(18)10-8-11)15-13-5-3-4-6-14(13)19-16(20-15)22-2/h3-10,21H,1-2H3. The summed E-state index contributed by atoms with van der Waals surface area (Å²) in [5, 5.41) is 11.9. The predicted molar refractivity (Wildman–Crippen MR) is 88.9 cm³/mol. The van der Waals surface area contributed by atoms with Gasteiger partial charge in [-0.15, -0.1) is 0 Å². The Balaban J connectivity index is 2.25. The Labute approximate surface area is 136 Å². The van der Waals surface area contributed by atoms with Gasteiger partial charge in [-0.25, -0.2) is 0 Å². The van der Waals surface area contributed by atoms with Crippen LogP contribution in [0.25, 0.3) is 10.9 Å². The van der Waals surface area contributed by atoms with Crippen LogP contribution >= 0.6 is 15.9 Å². The first-order chi connectivity index (χ1) is 10.5. The average Bonchev–Trinajstić information content (AvgIpc) is 2.54. The van der Waals surface area contributed by atoms with Crippen LogP contribution in [-0.4, -0.2) is 22.2 Å². The SMILES string of the molecule is COc1nc(C(C)(O)c2ccc(Br)cc2)c2ccccc2n1. The van der Waals surface area contributed by atoms with Crippen molar-refractivity contribution in [2.75, 3.05) is 7.11 Å². The smallest absolute Gasteiger partial charge is 0.317 e. The Hall–Kier alpha value is -1.98. The van der Waals surface area contributed by atoms with Gasteiger partial charge >= 0.3 is 6.01 Å². The van der Waals surface area contributed by atoms with Crippen LogP contribution in [0.15, 0.2) is 53.0 Å². The summed E-state index contributed by atoms with van der Waals surface area (Å²) in [6.07, 6.45) is 0. The number of ether oxygens (including phenoxy) is 1. The molecule has 3 aromatic rings. The number of hydrogen-bond acceptors (Lipinski definition) is 4. The van der Waals surface area contributed by atoms with Crippen LogP contribution in [0.2, 0.25) is 0 Å². The second-order valence-electron chi connectivity index (χ2n) is 5.16. The minimum absolute atomic E-state index is 0.242. The molecule has 0 aliphatic rings. The fraction of sp³-hybridized carbons (Fsp3) is 0.176. The van der Waals surface area contributed by atoms with Crippen LogP contribution in [0.1, 0.15) is 18.2 Å². The lowest BCUT2D eigenvalue weighted by Crippen LogP contribution is -2.25. The Morgan fingerprint density at radius 3 is 2.41 bits per heavy atom.